The fourth-order valence-electron chi connectivity index (χ4n) is 2.22. The van der Waals surface area contributed by atoms with E-state index in [1.54, 1.807) is 37.3 Å². The summed E-state index contributed by atoms with van der Waals surface area (Å²) in [5.74, 6) is -0.782. The molecule has 2 N–H and O–H groups in total. The van der Waals surface area contributed by atoms with Crippen molar-refractivity contribution in [3.63, 3.8) is 0 Å². The molecule has 4 nitrogen and oxygen atoms in total. The Morgan fingerprint density at radius 2 is 1.74 bits per heavy atom. The zero-order chi connectivity index (χ0) is 16.7. The molecular weight excluding hydrogens is 290 g/mol. The van der Waals surface area contributed by atoms with Crippen molar-refractivity contribution in [1.29, 1.82) is 0 Å². The van der Waals surface area contributed by atoms with Gasteiger partial charge in [-0.3, -0.25) is 9.59 Å². The number of ketones is 1. The summed E-state index contributed by atoms with van der Waals surface area (Å²) in [4.78, 5) is 24.5. The summed E-state index contributed by atoms with van der Waals surface area (Å²) in [6, 6.07) is 16.2. The number of ether oxygens (including phenoxy) is 1. The Morgan fingerprint density at radius 3 is 2.43 bits per heavy atom. The van der Waals surface area contributed by atoms with Gasteiger partial charge >= 0.3 is 5.97 Å². The van der Waals surface area contributed by atoms with E-state index in [9.17, 15) is 9.59 Å². The van der Waals surface area contributed by atoms with Gasteiger partial charge in [-0.1, -0.05) is 48.5 Å². The summed E-state index contributed by atoms with van der Waals surface area (Å²) in [5.41, 5.74) is 7.34. The van der Waals surface area contributed by atoms with Crippen LogP contribution in [-0.2, 0) is 9.53 Å². The highest BCUT2D eigenvalue weighted by atomic mass is 16.5. The van der Waals surface area contributed by atoms with Crippen LogP contribution in [0.4, 0.5) is 0 Å². The molecule has 0 spiro atoms. The molecule has 120 valence electrons. The Bertz CT molecular complexity index is 667. The van der Waals surface area contributed by atoms with Crippen LogP contribution in [0.5, 0.6) is 0 Å². The third-order valence-corrected chi connectivity index (χ3v) is 3.63. The molecule has 0 fully saturated rings. The van der Waals surface area contributed by atoms with E-state index in [4.69, 9.17) is 10.5 Å². The van der Waals surface area contributed by atoms with Gasteiger partial charge in [0.2, 0.25) is 0 Å². The van der Waals surface area contributed by atoms with E-state index < -0.39 is 5.92 Å². The molecule has 2 aromatic rings. The maximum absolute atomic E-state index is 12.5. The number of carbonyl (C=O) groups excluding carboxylic acids is 2. The first kappa shape index (κ1) is 16.9. The molecule has 0 unspecified atom stereocenters. The highest BCUT2D eigenvalue weighted by molar-refractivity contribution is 6.09. The first-order valence-electron chi connectivity index (χ1n) is 7.70. The SMILES string of the molecule is C[C@@H](C(=O)OCCCN)c1cccc(C(=O)c2ccccc2)c1. The monoisotopic (exact) mass is 311 g/mol. The number of carbonyl (C=O) groups is 2. The van der Waals surface area contributed by atoms with Crippen LogP contribution >= 0.6 is 0 Å². The van der Waals surface area contributed by atoms with Gasteiger partial charge in [0.05, 0.1) is 12.5 Å². The van der Waals surface area contributed by atoms with Crippen molar-refractivity contribution >= 4 is 11.8 Å². The van der Waals surface area contributed by atoms with Gasteiger partial charge in [-0.15, -0.1) is 0 Å². The number of rotatable bonds is 7. The van der Waals surface area contributed by atoms with Crippen molar-refractivity contribution in [2.75, 3.05) is 13.2 Å². The predicted octanol–water partition coefficient (Wildman–Crippen LogP) is 2.91. The van der Waals surface area contributed by atoms with Crippen LogP contribution in [0.3, 0.4) is 0 Å². The summed E-state index contributed by atoms with van der Waals surface area (Å²) < 4.78 is 5.18. The Balaban J connectivity index is 2.13. The highest BCUT2D eigenvalue weighted by Crippen LogP contribution is 2.20. The lowest BCUT2D eigenvalue weighted by atomic mass is 9.96. The van der Waals surface area contributed by atoms with Crippen LogP contribution in [0, 0.1) is 0 Å². The second kappa shape index (κ2) is 8.25. The Hall–Kier alpha value is -2.46. The summed E-state index contributed by atoms with van der Waals surface area (Å²) in [6.07, 6.45) is 0.644. The first-order valence-corrected chi connectivity index (χ1v) is 7.70. The van der Waals surface area contributed by atoms with Crippen LogP contribution in [0.15, 0.2) is 54.6 Å². The standard InChI is InChI=1S/C19H21NO3/c1-14(19(22)23-12-6-11-20)16-9-5-10-17(13-16)18(21)15-7-3-2-4-8-15/h2-5,7-10,13-14H,6,11-12,20H2,1H3/t14-/m1/s1. The Labute approximate surface area is 136 Å². The van der Waals surface area contributed by atoms with E-state index in [-0.39, 0.29) is 11.8 Å². The van der Waals surface area contributed by atoms with Gasteiger partial charge in [0, 0.05) is 11.1 Å². The second-order valence-corrected chi connectivity index (χ2v) is 5.35. The zero-order valence-corrected chi connectivity index (χ0v) is 13.2. The molecule has 0 radical (unpaired) electrons. The molecule has 0 aromatic heterocycles. The van der Waals surface area contributed by atoms with Gasteiger partial charge in [-0.2, -0.15) is 0 Å². The van der Waals surface area contributed by atoms with E-state index in [1.165, 1.54) is 0 Å². The molecule has 0 aliphatic rings. The molecule has 0 aliphatic heterocycles. The molecule has 0 aliphatic carbocycles. The average molecular weight is 311 g/mol. The van der Waals surface area contributed by atoms with E-state index in [2.05, 4.69) is 0 Å². The van der Waals surface area contributed by atoms with Crippen molar-refractivity contribution in [3.05, 3.63) is 71.3 Å². The van der Waals surface area contributed by atoms with Crippen molar-refractivity contribution in [2.45, 2.75) is 19.3 Å². The fourth-order valence-corrected chi connectivity index (χ4v) is 2.22. The van der Waals surface area contributed by atoms with E-state index >= 15 is 0 Å². The number of hydrogen-bond donors (Lipinski definition) is 1. The van der Waals surface area contributed by atoms with Crippen LogP contribution in [0.25, 0.3) is 0 Å². The molecule has 2 aromatic carbocycles. The Kier molecular flexibility index (Phi) is 6.06. The number of nitrogens with two attached hydrogens (primary N) is 1. The maximum atomic E-state index is 12.5. The van der Waals surface area contributed by atoms with Gasteiger partial charge in [-0.25, -0.2) is 0 Å². The minimum atomic E-state index is -0.420. The highest BCUT2D eigenvalue weighted by Gasteiger charge is 2.18. The molecule has 0 heterocycles. The minimum Gasteiger partial charge on any atom is -0.465 e. The van der Waals surface area contributed by atoms with Gasteiger partial charge < -0.3 is 10.5 Å². The summed E-state index contributed by atoms with van der Waals surface area (Å²) in [7, 11) is 0. The largest absolute Gasteiger partial charge is 0.465 e. The molecule has 0 saturated heterocycles. The lowest BCUT2D eigenvalue weighted by Crippen LogP contribution is -2.16. The van der Waals surface area contributed by atoms with E-state index in [0.29, 0.717) is 30.7 Å². The van der Waals surface area contributed by atoms with Crippen molar-refractivity contribution in [2.24, 2.45) is 5.73 Å². The molecule has 2 rings (SSSR count). The van der Waals surface area contributed by atoms with E-state index in [0.717, 1.165) is 5.56 Å². The van der Waals surface area contributed by atoms with Crippen LogP contribution in [0.2, 0.25) is 0 Å². The quantitative estimate of drug-likeness (QED) is 0.485. The second-order valence-electron chi connectivity index (χ2n) is 5.35. The molecular formula is C19H21NO3. The number of benzene rings is 2. The Morgan fingerprint density at radius 1 is 1.04 bits per heavy atom. The summed E-state index contributed by atoms with van der Waals surface area (Å²) >= 11 is 0. The molecule has 0 saturated carbocycles. The molecule has 1 atom stereocenters. The summed E-state index contributed by atoms with van der Waals surface area (Å²) in [6.45, 7) is 2.59. The van der Waals surface area contributed by atoms with E-state index in [1.807, 2.05) is 24.3 Å². The van der Waals surface area contributed by atoms with Gasteiger partial charge in [0.1, 0.15) is 0 Å². The lowest BCUT2D eigenvalue weighted by Gasteiger charge is -2.12. The molecule has 4 heteroatoms. The smallest absolute Gasteiger partial charge is 0.313 e. The van der Waals surface area contributed by atoms with Crippen LogP contribution < -0.4 is 5.73 Å². The van der Waals surface area contributed by atoms with Crippen LogP contribution in [-0.4, -0.2) is 24.9 Å². The van der Waals surface area contributed by atoms with Crippen molar-refractivity contribution in [1.82, 2.24) is 0 Å². The maximum Gasteiger partial charge on any atom is 0.313 e. The average Bonchev–Trinajstić information content (AvgIpc) is 2.61. The number of hydrogen-bond acceptors (Lipinski definition) is 4. The number of esters is 1. The lowest BCUT2D eigenvalue weighted by molar-refractivity contribution is -0.145. The summed E-state index contributed by atoms with van der Waals surface area (Å²) in [5, 5.41) is 0. The first-order chi connectivity index (χ1) is 11.1. The van der Waals surface area contributed by atoms with Crippen molar-refractivity contribution in [3.8, 4) is 0 Å². The normalized spacial score (nSPS) is 11.7. The fraction of sp³-hybridized carbons (Fsp3) is 0.263. The topological polar surface area (TPSA) is 69.4 Å². The minimum absolute atomic E-state index is 0.0591. The van der Waals surface area contributed by atoms with Crippen molar-refractivity contribution < 1.29 is 14.3 Å². The third-order valence-electron chi connectivity index (χ3n) is 3.63. The van der Waals surface area contributed by atoms with Gasteiger partial charge in [0.25, 0.3) is 0 Å². The predicted molar refractivity (Wildman–Crippen MR) is 89.4 cm³/mol. The van der Waals surface area contributed by atoms with Crippen LogP contribution in [0.1, 0.15) is 40.7 Å². The third kappa shape index (κ3) is 4.50. The molecule has 0 bridgehead atoms. The molecule has 23 heavy (non-hydrogen) atoms. The van der Waals surface area contributed by atoms with Gasteiger partial charge in [-0.05, 0) is 31.5 Å². The van der Waals surface area contributed by atoms with Gasteiger partial charge in [0.15, 0.2) is 5.78 Å². The zero-order valence-electron chi connectivity index (χ0n) is 13.2. The molecule has 0 amide bonds.